The van der Waals surface area contributed by atoms with E-state index in [-0.39, 0.29) is 1.43 Å². The van der Waals surface area contributed by atoms with Crippen LogP contribution in [0.4, 0.5) is 0 Å². The highest BCUT2D eigenvalue weighted by atomic mass is 14.7. The van der Waals surface area contributed by atoms with Crippen LogP contribution in [0.2, 0.25) is 0 Å². The first-order valence-corrected chi connectivity index (χ1v) is 3.77. The van der Waals surface area contributed by atoms with Gasteiger partial charge in [0.05, 0.1) is 0 Å². The number of H-pyrrole nitrogens is 1. The number of hydrogen-bond donors (Lipinski definition) is 1. The molecule has 1 aromatic heterocycles. The van der Waals surface area contributed by atoms with Crippen molar-refractivity contribution in [1.29, 1.82) is 0 Å². The molecule has 0 amide bonds. The van der Waals surface area contributed by atoms with Crippen molar-refractivity contribution in [1.82, 2.24) is 4.98 Å². The Labute approximate surface area is 64.0 Å². The van der Waals surface area contributed by atoms with Gasteiger partial charge in [0.1, 0.15) is 0 Å². The van der Waals surface area contributed by atoms with E-state index >= 15 is 0 Å². The van der Waals surface area contributed by atoms with E-state index in [4.69, 9.17) is 0 Å². The second kappa shape index (κ2) is 2.49. The van der Waals surface area contributed by atoms with E-state index in [1.807, 2.05) is 0 Å². The predicted molar refractivity (Wildman–Crippen MR) is 46.5 cm³/mol. The summed E-state index contributed by atoms with van der Waals surface area (Å²) in [5.74, 6) is 0.619. The lowest BCUT2D eigenvalue weighted by Gasteiger charge is -2.01. The zero-order valence-corrected chi connectivity index (χ0v) is 7.15. The number of aryl methyl sites for hydroxylation is 2. The molecule has 0 aliphatic heterocycles. The van der Waals surface area contributed by atoms with Gasteiger partial charge < -0.3 is 4.98 Å². The van der Waals surface area contributed by atoms with Crippen LogP contribution in [0.1, 0.15) is 38.1 Å². The summed E-state index contributed by atoms with van der Waals surface area (Å²) in [6, 6.07) is 2.19. The first-order chi connectivity index (χ1) is 4.61. The minimum Gasteiger partial charge on any atom is -0.362 e. The second-order valence-electron chi connectivity index (χ2n) is 3.20. The van der Waals surface area contributed by atoms with Crippen LogP contribution in [-0.4, -0.2) is 4.98 Å². The van der Waals surface area contributed by atoms with Gasteiger partial charge in [0.15, 0.2) is 0 Å². The van der Waals surface area contributed by atoms with Gasteiger partial charge in [-0.1, -0.05) is 13.8 Å². The minimum absolute atomic E-state index is 0. The van der Waals surface area contributed by atoms with Crippen LogP contribution in [0.25, 0.3) is 0 Å². The highest BCUT2D eigenvalue weighted by Gasteiger charge is 2.04. The van der Waals surface area contributed by atoms with Crippen molar-refractivity contribution in [3.8, 4) is 0 Å². The van der Waals surface area contributed by atoms with Crippen LogP contribution in [0.3, 0.4) is 0 Å². The molecule has 1 rings (SSSR count). The number of aromatic amines is 1. The summed E-state index contributed by atoms with van der Waals surface area (Å²) in [6.45, 7) is 8.66. The van der Waals surface area contributed by atoms with E-state index in [1.54, 1.807) is 0 Å². The summed E-state index contributed by atoms with van der Waals surface area (Å²) in [6.07, 6.45) is 0. The van der Waals surface area contributed by atoms with Crippen molar-refractivity contribution >= 4 is 0 Å². The van der Waals surface area contributed by atoms with Crippen molar-refractivity contribution < 1.29 is 1.43 Å². The normalized spacial score (nSPS) is 10.9. The van der Waals surface area contributed by atoms with Gasteiger partial charge in [-0.05, 0) is 31.4 Å². The van der Waals surface area contributed by atoms with Gasteiger partial charge in [-0.3, -0.25) is 0 Å². The summed E-state index contributed by atoms with van der Waals surface area (Å²) >= 11 is 0. The molecule has 0 aliphatic carbocycles. The Kier molecular flexibility index (Phi) is 1.84. The molecule has 0 bridgehead atoms. The van der Waals surface area contributed by atoms with Gasteiger partial charge in [0.2, 0.25) is 0 Å². The molecule has 1 nitrogen and oxygen atoms in total. The van der Waals surface area contributed by atoms with Crippen LogP contribution < -0.4 is 0 Å². The minimum atomic E-state index is 0. The Hall–Kier alpha value is -0.720. The average Bonchev–Trinajstić information content (AvgIpc) is 2.10. The second-order valence-corrected chi connectivity index (χ2v) is 3.20. The van der Waals surface area contributed by atoms with E-state index in [1.165, 1.54) is 17.0 Å². The lowest BCUT2D eigenvalue weighted by Crippen LogP contribution is -1.89. The quantitative estimate of drug-likeness (QED) is 0.615. The fraction of sp³-hybridized carbons (Fsp3) is 0.556. The molecule has 0 atom stereocenters. The molecular formula is C9H17N. The van der Waals surface area contributed by atoms with Gasteiger partial charge in [-0.2, -0.15) is 0 Å². The molecule has 1 heteroatoms. The fourth-order valence-electron chi connectivity index (χ4n) is 1.35. The van der Waals surface area contributed by atoms with Crippen molar-refractivity contribution in [3.05, 3.63) is 23.0 Å². The predicted octanol–water partition coefficient (Wildman–Crippen LogP) is 3.00. The van der Waals surface area contributed by atoms with Crippen molar-refractivity contribution in [2.75, 3.05) is 0 Å². The lowest BCUT2D eigenvalue weighted by atomic mass is 10.1. The number of hydrogen-bond acceptors (Lipinski definition) is 0. The van der Waals surface area contributed by atoms with Gasteiger partial charge in [0, 0.05) is 12.8 Å². The first kappa shape index (κ1) is 7.39. The highest BCUT2D eigenvalue weighted by Crippen LogP contribution is 2.17. The summed E-state index contributed by atoms with van der Waals surface area (Å²) in [7, 11) is 0. The number of nitrogens with one attached hydrogen (secondary N) is 1. The molecule has 0 fully saturated rings. The zero-order chi connectivity index (χ0) is 7.72. The Morgan fingerprint density at radius 1 is 1.40 bits per heavy atom. The zero-order valence-electron chi connectivity index (χ0n) is 7.15. The fourth-order valence-corrected chi connectivity index (χ4v) is 1.35. The van der Waals surface area contributed by atoms with Crippen molar-refractivity contribution in [2.45, 2.75) is 33.6 Å². The molecule has 0 saturated heterocycles. The van der Waals surface area contributed by atoms with E-state index in [9.17, 15) is 0 Å². The summed E-state index contributed by atoms with van der Waals surface area (Å²) in [5.41, 5.74) is 4.02. The van der Waals surface area contributed by atoms with Gasteiger partial charge in [-0.25, -0.2) is 0 Å². The lowest BCUT2D eigenvalue weighted by molar-refractivity contribution is 0.820. The van der Waals surface area contributed by atoms with Crippen LogP contribution in [0.5, 0.6) is 0 Å². The molecule has 0 radical (unpaired) electrons. The smallest absolute Gasteiger partial charge is 0.0204 e. The maximum Gasteiger partial charge on any atom is 0.0204 e. The molecule has 0 saturated carbocycles. The van der Waals surface area contributed by atoms with Crippen LogP contribution >= 0.6 is 0 Å². The molecule has 58 valence electrons. The standard InChI is InChI=1S/C9H15N.H2/c1-6(2)9-7(3)5-8(4)10-9;/h5-6,10H,1-4H3;1H. The molecule has 1 N–H and O–H groups in total. The largest absolute Gasteiger partial charge is 0.362 e. The van der Waals surface area contributed by atoms with E-state index in [0.29, 0.717) is 5.92 Å². The molecule has 1 aromatic rings. The van der Waals surface area contributed by atoms with Gasteiger partial charge in [0.25, 0.3) is 0 Å². The molecule has 10 heavy (non-hydrogen) atoms. The van der Waals surface area contributed by atoms with Crippen LogP contribution in [0.15, 0.2) is 6.07 Å². The van der Waals surface area contributed by atoms with Crippen molar-refractivity contribution in [3.63, 3.8) is 0 Å². The Balaban J connectivity index is 0.000001000. The van der Waals surface area contributed by atoms with E-state index in [2.05, 4.69) is 38.7 Å². The number of aromatic nitrogens is 1. The van der Waals surface area contributed by atoms with E-state index < -0.39 is 0 Å². The maximum atomic E-state index is 3.34. The third-order valence-electron chi connectivity index (χ3n) is 1.77. The maximum absolute atomic E-state index is 3.34. The topological polar surface area (TPSA) is 15.8 Å². The molecule has 0 unspecified atom stereocenters. The SMILES string of the molecule is Cc1cc(C)c(C(C)C)[nH]1.[HH]. The van der Waals surface area contributed by atoms with Gasteiger partial charge >= 0.3 is 0 Å². The monoisotopic (exact) mass is 139 g/mol. The highest BCUT2D eigenvalue weighted by molar-refractivity contribution is 5.25. The summed E-state index contributed by atoms with van der Waals surface area (Å²) in [5, 5.41) is 0. The summed E-state index contributed by atoms with van der Waals surface area (Å²) in [4.78, 5) is 3.34. The van der Waals surface area contributed by atoms with Crippen LogP contribution in [0, 0.1) is 13.8 Å². The Morgan fingerprint density at radius 2 is 2.00 bits per heavy atom. The Morgan fingerprint density at radius 3 is 2.20 bits per heavy atom. The molecular weight excluding hydrogens is 122 g/mol. The van der Waals surface area contributed by atoms with E-state index in [0.717, 1.165) is 0 Å². The summed E-state index contributed by atoms with van der Waals surface area (Å²) < 4.78 is 0. The number of rotatable bonds is 1. The molecule has 0 spiro atoms. The molecule has 0 aliphatic rings. The Bertz CT molecular complexity index is 225. The van der Waals surface area contributed by atoms with Gasteiger partial charge in [-0.15, -0.1) is 0 Å². The first-order valence-electron chi connectivity index (χ1n) is 3.77. The third kappa shape index (κ3) is 1.23. The third-order valence-corrected chi connectivity index (χ3v) is 1.77. The average molecular weight is 139 g/mol. The molecule has 0 aromatic carbocycles. The van der Waals surface area contributed by atoms with Crippen molar-refractivity contribution in [2.24, 2.45) is 0 Å². The molecule has 1 heterocycles. The van der Waals surface area contributed by atoms with Crippen LogP contribution in [-0.2, 0) is 0 Å².